The summed E-state index contributed by atoms with van der Waals surface area (Å²) in [5, 5.41) is 7.47. The van der Waals surface area contributed by atoms with Gasteiger partial charge in [0.15, 0.2) is 9.84 Å². The molecule has 1 aliphatic heterocycles. The van der Waals surface area contributed by atoms with Gasteiger partial charge in [-0.15, -0.1) is 0 Å². The SMILES string of the molecule is CC(C)n1nc(-c2cc(C3CC3)ccc2F)c2ncc(C(=O)NC3(C)CS(=O)(=O)C3)cc21. The normalized spacial score (nSPS) is 19.2. The molecule has 1 N–H and O–H groups in total. The monoisotopic (exact) mass is 456 g/mol. The van der Waals surface area contributed by atoms with E-state index in [0.717, 1.165) is 18.4 Å². The molecule has 0 atom stereocenters. The third-order valence-electron chi connectivity index (χ3n) is 6.08. The Morgan fingerprint density at radius 2 is 1.97 bits per heavy atom. The van der Waals surface area contributed by atoms with Crippen LogP contribution in [0.3, 0.4) is 0 Å². The molecule has 1 saturated heterocycles. The number of hydrogen-bond donors (Lipinski definition) is 1. The Morgan fingerprint density at radius 1 is 1.25 bits per heavy atom. The number of nitrogens with zero attached hydrogens (tertiary/aromatic N) is 3. The van der Waals surface area contributed by atoms with Crippen LogP contribution in [0.5, 0.6) is 0 Å². The number of nitrogens with one attached hydrogen (secondary N) is 1. The summed E-state index contributed by atoms with van der Waals surface area (Å²) >= 11 is 0. The Morgan fingerprint density at radius 3 is 2.59 bits per heavy atom. The first-order valence-electron chi connectivity index (χ1n) is 10.8. The molecule has 168 valence electrons. The van der Waals surface area contributed by atoms with Crippen molar-refractivity contribution in [1.82, 2.24) is 20.1 Å². The smallest absolute Gasteiger partial charge is 0.253 e. The molecule has 1 aromatic carbocycles. The quantitative estimate of drug-likeness (QED) is 0.633. The van der Waals surface area contributed by atoms with Gasteiger partial charge in [0.2, 0.25) is 0 Å². The van der Waals surface area contributed by atoms with Crippen molar-refractivity contribution in [2.45, 2.75) is 51.1 Å². The zero-order valence-corrected chi connectivity index (χ0v) is 19.0. The van der Waals surface area contributed by atoms with Crippen molar-refractivity contribution >= 4 is 26.8 Å². The molecular formula is C23H25FN4O3S. The Labute approximate surface area is 186 Å². The highest BCUT2D eigenvalue weighted by molar-refractivity contribution is 7.93. The number of sulfone groups is 1. The zero-order chi connectivity index (χ0) is 22.8. The van der Waals surface area contributed by atoms with Crippen molar-refractivity contribution in [3.63, 3.8) is 0 Å². The van der Waals surface area contributed by atoms with Gasteiger partial charge in [-0.05, 0) is 63.3 Å². The molecule has 1 amide bonds. The number of carbonyl (C=O) groups excluding carboxylic acids is 1. The number of benzene rings is 1. The van der Waals surface area contributed by atoms with E-state index < -0.39 is 21.3 Å². The second kappa shape index (κ2) is 7.10. The van der Waals surface area contributed by atoms with E-state index in [1.807, 2.05) is 26.0 Å². The summed E-state index contributed by atoms with van der Waals surface area (Å²) in [4.78, 5) is 17.3. The van der Waals surface area contributed by atoms with Crippen molar-refractivity contribution in [3.05, 3.63) is 47.4 Å². The molecule has 9 heteroatoms. The number of halogens is 1. The molecule has 0 radical (unpaired) electrons. The Hall–Kier alpha value is -2.81. The second-order valence-corrected chi connectivity index (χ2v) is 11.6. The lowest BCUT2D eigenvalue weighted by Crippen LogP contribution is -2.63. The molecule has 0 spiro atoms. The highest BCUT2D eigenvalue weighted by atomic mass is 32.2. The van der Waals surface area contributed by atoms with Gasteiger partial charge in [-0.25, -0.2) is 12.8 Å². The van der Waals surface area contributed by atoms with Crippen molar-refractivity contribution < 1.29 is 17.6 Å². The maximum absolute atomic E-state index is 14.8. The summed E-state index contributed by atoms with van der Waals surface area (Å²) < 4.78 is 39.6. The van der Waals surface area contributed by atoms with Crippen molar-refractivity contribution in [2.24, 2.45) is 0 Å². The van der Waals surface area contributed by atoms with Gasteiger partial charge >= 0.3 is 0 Å². The predicted octanol–water partition coefficient (Wildman–Crippen LogP) is 3.61. The zero-order valence-electron chi connectivity index (χ0n) is 18.2. The van der Waals surface area contributed by atoms with Gasteiger partial charge in [0.05, 0.1) is 28.1 Å². The highest BCUT2D eigenvalue weighted by Crippen LogP contribution is 2.42. The van der Waals surface area contributed by atoms with Crippen LogP contribution in [0.25, 0.3) is 22.3 Å². The fourth-order valence-electron chi connectivity index (χ4n) is 4.46. The predicted molar refractivity (Wildman–Crippen MR) is 120 cm³/mol. The van der Waals surface area contributed by atoms with Crippen molar-refractivity contribution in [2.75, 3.05) is 11.5 Å². The van der Waals surface area contributed by atoms with Crippen LogP contribution in [0.1, 0.15) is 61.5 Å². The van der Waals surface area contributed by atoms with Gasteiger partial charge in [-0.3, -0.25) is 14.5 Å². The van der Waals surface area contributed by atoms with E-state index in [2.05, 4.69) is 15.4 Å². The van der Waals surface area contributed by atoms with E-state index in [9.17, 15) is 17.6 Å². The van der Waals surface area contributed by atoms with E-state index in [1.54, 1.807) is 17.7 Å². The molecule has 3 aromatic rings. The summed E-state index contributed by atoms with van der Waals surface area (Å²) in [6.45, 7) is 5.63. The minimum Gasteiger partial charge on any atom is -0.345 e. The summed E-state index contributed by atoms with van der Waals surface area (Å²) in [7, 11) is -3.09. The van der Waals surface area contributed by atoms with Gasteiger partial charge in [0.1, 0.15) is 17.0 Å². The Kier molecular flexibility index (Phi) is 4.67. The van der Waals surface area contributed by atoms with Gasteiger partial charge in [0.25, 0.3) is 5.91 Å². The molecule has 2 aromatic heterocycles. The Balaban J connectivity index is 1.55. The third kappa shape index (κ3) is 3.68. The van der Waals surface area contributed by atoms with Crippen LogP contribution in [-0.4, -0.2) is 46.1 Å². The average Bonchev–Trinajstić information content (AvgIpc) is 3.46. The number of rotatable bonds is 5. The topological polar surface area (TPSA) is 93.9 Å². The van der Waals surface area contributed by atoms with Gasteiger partial charge < -0.3 is 5.32 Å². The second-order valence-electron chi connectivity index (χ2n) is 9.54. The largest absolute Gasteiger partial charge is 0.345 e. The average molecular weight is 457 g/mol. The molecule has 1 saturated carbocycles. The summed E-state index contributed by atoms with van der Waals surface area (Å²) in [6, 6.07) is 6.83. The molecule has 3 heterocycles. The number of pyridine rings is 1. The van der Waals surface area contributed by atoms with E-state index in [4.69, 9.17) is 0 Å². The number of aromatic nitrogens is 3. The van der Waals surface area contributed by atoms with Crippen molar-refractivity contribution in [3.8, 4) is 11.3 Å². The number of carbonyl (C=O) groups is 1. The molecule has 2 aliphatic rings. The number of fused-ring (bicyclic) bond motifs is 1. The lowest BCUT2D eigenvalue weighted by Gasteiger charge is -2.38. The lowest BCUT2D eigenvalue weighted by molar-refractivity contribution is 0.0916. The van der Waals surface area contributed by atoms with Gasteiger partial charge in [0, 0.05) is 17.8 Å². The number of amides is 1. The van der Waals surface area contributed by atoms with Crippen molar-refractivity contribution in [1.29, 1.82) is 0 Å². The van der Waals surface area contributed by atoms with Crippen LogP contribution in [0, 0.1) is 5.82 Å². The van der Waals surface area contributed by atoms with Crippen LogP contribution < -0.4 is 5.32 Å². The molecule has 32 heavy (non-hydrogen) atoms. The third-order valence-corrected chi connectivity index (χ3v) is 8.24. The lowest BCUT2D eigenvalue weighted by atomic mass is 10.0. The minimum atomic E-state index is -3.09. The highest BCUT2D eigenvalue weighted by Gasteiger charge is 2.45. The van der Waals surface area contributed by atoms with E-state index in [0.29, 0.717) is 33.8 Å². The van der Waals surface area contributed by atoms with Crippen LogP contribution in [-0.2, 0) is 9.84 Å². The van der Waals surface area contributed by atoms with Crippen LogP contribution in [0.4, 0.5) is 4.39 Å². The molecule has 0 bridgehead atoms. The molecule has 5 rings (SSSR count). The fraction of sp³-hybridized carbons (Fsp3) is 0.435. The molecule has 0 unspecified atom stereocenters. The van der Waals surface area contributed by atoms with E-state index in [-0.39, 0.29) is 23.4 Å². The summed E-state index contributed by atoms with van der Waals surface area (Å²) in [5.41, 5.74) is 2.66. The van der Waals surface area contributed by atoms with Gasteiger partial charge in [-0.2, -0.15) is 5.10 Å². The van der Waals surface area contributed by atoms with E-state index in [1.165, 1.54) is 12.3 Å². The first-order valence-corrected chi connectivity index (χ1v) is 12.6. The number of hydrogen-bond acceptors (Lipinski definition) is 5. The maximum Gasteiger partial charge on any atom is 0.253 e. The van der Waals surface area contributed by atoms with Crippen LogP contribution in [0.15, 0.2) is 30.5 Å². The van der Waals surface area contributed by atoms with Crippen LogP contribution >= 0.6 is 0 Å². The molecule has 2 fully saturated rings. The van der Waals surface area contributed by atoms with E-state index >= 15 is 0 Å². The molecular weight excluding hydrogens is 431 g/mol. The van der Waals surface area contributed by atoms with Gasteiger partial charge in [-0.1, -0.05) is 6.07 Å². The molecule has 1 aliphatic carbocycles. The first-order chi connectivity index (χ1) is 15.1. The Bertz CT molecular complexity index is 1350. The first kappa shape index (κ1) is 21.1. The summed E-state index contributed by atoms with van der Waals surface area (Å²) in [5.74, 6) is -0.421. The van der Waals surface area contributed by atoms with Crippen LogP contribution in [0.2, 0.25) is 0 Å². The maximum atomic E-state index is 14.8. The fourth-order valence-corrected chi connectivity index (χ4v) is 6.46. The standard InChI is InChI=1S/C23H25FN4O3S/c1-13(2)28-19-9-16(22(29)26-23(3)11-32(30,31)12-23)10-25-21(19)20(27-28)17-8-15(14-4-5-14)6-7-18(17)24/h6-10,13-14H,4-5,11-12H2,1-3H3,(H,26,29). The summed E-state index contributed by atoms with van der Waals surface area (Å²) in [6.07, 6.45) is 3.67. The minimum absolute atomic E-state index is 0.0321. The molecule has 7 nitrogen and oxygen atoms in total.